The molecule has 28 heavy (non-hydrogen) atoms. The molecule has 0 aromatic heterocycles. The normalized spacial score (nSPS) is 23.8. The highest BCUT2D eigenvalue weighted by Crippen LogP contribution is 2.21. The Morgan fingerprint density at radius 2 is 1.93 bits per heavy atom. The van der Waals surface area contributed by atoms with E-state index in [0.29, 0.717) is 37.7 Å². The number of nitrogens with zero attached hydrogens (tertiary/aromatic N) is 1. The van der Waals surface area contributed by atoms with Gasteiger partial charge in [0.05, 0.1) is 18.0 Å². The second kappa shape index (κ2) is 9.35. The molecule has 2 atom stereocenters. The summed E-state index contributed by atoms with van der Waals surface area (Å²) < 4.78 is 32.4. The van der Waals surface area contributed by atoms with E-state index in [-0.39, 0.29) is 16.9 Å². The Morgan fingerprint density at radius 3 is 2.57 bits per heavy atom. The molecule has 0 saturated carbocycles. The number of carbonyl (C=O) groups is 1. The molecule has 1 unspecified atom stereocenters. The highest BCUT2D eigenvalue weighted by atomic mass is 32.2. The van der Waals surface area contributed by atoms with Crippen molar-refractivity contribution in [1.82, 2.24) is 9.62 Å². The Bertz CT molecular complexity index is 758. The Morgan fingerprint density at radius 1 is 1.25 bits per heavy atom. The molecule has 7 nitrogen and oxygen atoms in total. The van der Waals surface area contributed by atoms with E-state index in [9.17, 15) is 13.2 Å². The van der Waals surface area contributed by atoms with Crippen LogP contribution in [0.2, 0.25) is 0 Å². The third-order valence-corrected chi connectivity index (χ3v) is 7.24. The summed E-state index contributed by atoms with van der Waals surface area (Å²) in [5, 5.41) is 2.92. The first-order valence-electron chi connectivity index (χ1n) is 10.2. The summed E-state index contributed by atoms with van der Waals surface area (Å²) in [5.74, 6) is 0.434. The van der Waals surface area contributed by atoms with E-state index in [1.165, 1.54) is 21.3 Å². The molecule has 1 aromatic rings. The van der Waals surface area contributed by atoms with E-state index in [0.717, 1.165) is 32.5 Å². The van der Waals surface area contributed by atoms with Crippen molar-refractivity contribution in [2.24, 2.45) is 5.92 Å². The molecule has 0 spiro atoms. The van der Waals surface area contributed by atoms with Gasteiger partial charge in [-0.15, -0.1) is 0 Å². The van der Waals surface area contributed by atoms with E-state index < -0.39 is 10.0 Å². The molecular weight excluding hydrogens is 378 g/mol. The van der Waals surface area contributed by atoms with Crippen LogP contribution in [0.1, 0.15) is 37.0 Å². The molecule has 2 N–H and O–H groups in total. The standard InChI is InChI=1S/C20H31N3O4S/c1-16(2)14-22-11-12-27-18(15-22)13-21-20(24)17-5-7-19(8-6-17)28(25,26)23-9-3-4-10-23/h5-8,16,18H,3-4,9-15H2,1-2H3,(H,21,24)/p+1/t18-/m0/s1. The maximum absolute atomic E-state index is 12.6. The van der Waals surface area contributed by atoms with Gasteiger partial charge >= 0.3 is 0 Å². The van der Waals surface area contributed by atoms with Gasteiger partial charge in [0.25, 0.3) is 5.91 Å². The third-order valence-electron chi connectivity index (χ3n) is 5.33. The largest absolute Gasteiger partial charge is 0.365 e. The van der Waals surface area contributed by atoms with Crippen molar-refractivity contribution in [2.45, 2.75) is 37.7 Å². The summed E-state index contributed by atoms with van der Waals surface area (Å²) in [5.41, 5.74) is 0.461. The van der Waals surface area contributed by atoms with Crippen LogP contribution in [0, 0.1) is 5.92 Å². The smallest absolute Gasteiger partial charge is 0.251 e. The Kier molecular flexibility index (Phi) is 7.09. The van der Waals surface area contributed by atoms with Crippen molar-refractivity contribution in [1.29, 1.82) is 0 Å². The molecule has 2 aliphatic rings. The van der Waals surface area contributed by atoms with Gasteiger partial charge in [-0.2, -0.15) is 4.31 Å². The number of rotatable bonds is 7. The highest BCUT2D eigenvalue weighted by molar-refractivity contribution is 7.89. The second-order valence-corrected chi connectivity index (χ2v) is 10.1. The summed E-state index contributed by atoms with van der Waals surface area (Å²) in [6.07, 6.45) is 1.82. The molecule has 3 rings (SSSR count). The number of hydrogen-bond acceptors (Lipinski definition) is 4. The molecule has 0 radical (unpaired) electrons. The van der Waals surface area contributed by atoms with Gasteiger partial charge in [0, 0.05) is 31.1 Å². The fourth-order valence-corrected chi connectivity index (χ4v) is 5.43. The first-order chi connectivity index (χ1) is 13.4. The van der Waals surface area contributed by atoms with E-state index in [1.54, 1.807) is 12.1 Å². The minimum absolute atomic E-state index is 0.0151. The van der Waals surface area contributed by atoms with Gasteiger partial charge in [0.2, 0.25) is 10.0 Å². The van der Waals surface area contributed by atoms with E-state index in [2.05, 4.69) is 19.2 Å². The molecule has 2 heterocycles. The predicted octanol–water partition coefficient (Wildman–Crippen LogP) is 0.141. The molecule has 2 saturated heterocycles. The Hall–Kier alpha value is -1.48. The van der Waals surface area contributed by atoms with Crippen LogP contribution >= 0.6 is 0 Å². The third kappa shape index (κ3) is 5.31. The fourth-order valence-electron chi connectivity index (χ4n) is 3.91. The van der Waals surface area contributed by atoms with E-state index in [1.807, 2.05) is 0 Å². The molecule has 0 aliphatic carbocycles. The minimum Gasteiger partial charge on any atom is -0.365 e. The SMILES string of the molecule is CC(C)C[NH+]1CCO[C@@H](CNC(=O)c2ccc(S(=O)(=O)N3CCCC3)cc2)C1. The second-order valence-electron chi connectivity index (χ2n) is 8.14. The molecular formula is C20H32N3O4S+. The van der Waals surface area contributed by atoms with Gasteiger partial charge in [-0.25, -0.2) is 8.42 Å². The Labute approximate surface area is 168 Å². The van der Waals surface area contributed by atoms with Crippen LogP contribution in [0.3, 0.4) is 0 Å². The molecule has 156 valence electrons. The van der Waals surface area contributed by atoms with Crippen LogP contribution in [0.15, 0.2) is 29.2 Å². The maximum atomic E-state index is 12.6. The number of amides is 1. The van der Waals surface area contributed by atoms with Crippen LogP contribution in [0.4, 0.5) is 0 Å². The van der Waals surface area contributed by atoms with Crippen molar-refractivity contribution in [3.05, 3.63) is 29.8 Å². The topological polar surface area (TPSA) is 80.1 Å². The summed E-state index contributed by atoms with van der Waals surface area (Å²) in [7, 11) is -3.45. The number of ether oxygens (including phenoxy) is 1. The number of nitrogens with one attached hydrogen (secondary N) is 2. The van der Waals surface area contributed by atoms with Gasteiger partial charge in [0.15, 0.2) is 0 Å². The zero-order chi connectivity index (χ0) is 20.1. The number of quaternary nitrogens is 1. The molecule has 0 bridgehead atoms. The molecule has 1 aromatic carbocycles. The van der Waals surface area contributed by atoms with Gasteiger partial charge < -0.3 is 15.0 Å². The van der Waals surface area contributed by atoms with Gasteiger partial charge in [-0.1, -0.05) is 13.8 Å². The summed E-state index contributed by atoms with van der Waals surface area (Å²) in [6.45, 7) is 9.77. The number of morpholine rings is 1. The summed E-state index contributed by atoms with van der Waals surface area (Å²) in [6, 6.07) is 6.20. The van der Waals surface area contributed by atoms with Crippen LogP contribution in [0.5, 0.6) is 0 Å². The van der Waals surface area contributed by atoms with Crippen LogP contribution in [-0.4, -0.2) is 70.6 Å². The van der Waals surface area contributed by atoms with E-state index in [4.69, 9.17) is 4.74 Å². The quantitative estimate of drug-likeness (QED) is 0.670. The Balaban J connectivity index is 1.53. The van der Waals surface area contributed by atoms with Gasteiger partial charge in [-0.05, 0) is 37.1 Å². The zero-order valence-electron chi connectivity index (χ0n) is 16.8. The summed E-state index contributed by atoms with van der Waals surface area (Å²) >= 11 is 0. The number of sulfonamides is 1. The maximum Gasteiger partial charge on any atom is 0.251 e. The lowest BCUT2D eigenvalue weighted by atomic mass is 10.1. The lowest BCUT2D eigenvalue weighted by molar-refractivity contribution is -0.914. The van der Waals surface area contributed by atoms with Crippen LogP contribution in [0.25, 0.3) is 0 Å². The fraction of sp³-hybridized carbons (Fsp3) is 0.650. The minimum atomic E-state index is -3.45. The van der Waals surface area contributed by atoms with Crippen molar-refractivity contribution < 1.29 is 22.8 Å². The lowest BCUT2D eigenvalue weighted by Gasteiger charge is -2.31. The monoisotopic (exact) mass is 410 g/mol. The van der Waals surface area contributed by atoms with Crippen molar-refractivity contribution in [3.63, 3.8) is 0 Å². The number of carbonyl (C=O) groups excluding carboxylic acids is 1. The molecule has 2 fully saturated rings. The summed E-state index contributed by atoms with van der Waals surface area (Å²) in [4.78, 5) is 14.2. The van der Waals surface area contributed by atoms with Crippen molar-refractivity contribution in [3.8, 4) is 0 Å². The van der Waals surface area contributed by atoms with E-state index >= 15 is 0 Å². The van der Waals surface area contributed by atoms with Gasteiger partial charge in [-0.3, -0.25) is 4.79 Å². The average molecular weight is 411 g/mol. The average Bonchev–Trinajstić information content (AvgIpc) is 3.22. The van der Waals surface area contributed by atoms with Crippen LogP contribution < -0.4 is 10.2 Å². The molecule has 2 aliphatic heterocycles. The zero-order valence-corrected chi connectivity index (χ0v) is 17.6. The lowest BCUT2D eigenvalue weighted by Crippen LogP contribution is -3.15. The number of hydrogen-bond donors (Lipinski definition) is 2. The highest BCUT2D eigenvalue weighted by Gasteiger charge is 2.27. The van der Waals surface area contributed by atoms with Crippen LogP contribution in [-0.2, 0) is 14.8 Å². The first kappa shape index (κ1) is 21.2. The predicted molar refractivity (Wildman–Crippen MR) is 107 cm³/mol. The van der Waals surface area contributed by atoms with Crippen molar-refractivity contribution in [2.75, 3.05) is 45.9 Å². The number of benzene rings is 1. The first-order valence-corrected chi connectivity index (χ1v) is 11.6. The van der Waals surface area contributed by atoms with Gasteiger partial charge in [0.1, 0.15) is 19.2 Å². The molecule has 1 amide bonds. The molecule has 8 heteroatoms. The van der Waals surface area contributed by atoms with Crippen molar-refractivity contribution >= 4 is 15.9 Å².